The van der Waals surface area contributed by atoms with Crippen LogP contribution >= 0.6 is 0 Å². The van der Waals surface area contributed by atoms with Crippen molar-refractivity contribution in [3.8, 4) is 51.0 Å². The van der Waals surface area contributed by atoms with Crippen molar-refractivity contribution in [2.24, 2.45) is 0 Å². The maximum absolute atomic E-state index is 5.03. The number of nitrogens with zero attached hydrogens (tertiary/aromatic N) is 4. The van der Waals surface area contributed by atoms with Crippen LogP contribution in [0, 0.1) is 0 Å². The molecule has 2 heterocycles. The maximum Gasteiger partial charge on any atom is 0.164 e. The summed E-state index contributed by atoms with van der Waals surface area (Å²) >= 11 is 0. The predicted octanol–water partition coefficient (Wildman–Crippen LogP) is 11.9. The van der Waals surface area contributed by atoms with Gasteiger partial charge in [0.1, 0.15) is 0 Å². The predicted molar refractivity (Wildman–Crippen MR) is 211 cm³/mol. The van der Waals surface area contributed by atoms with E-state index in [0.717, 1.165) is 38.9 Å². The van der Waals surface area contributed by atoms with Crippen molar-refractivity contribution in [2.75, 3.05) is 0 Å². The largest absolute Gasteiger partial charge is 0.309 e. The average molecular weight is 651 g/mol. The third kappa shape index (κ3) is 5.04. The van der Waals surface area contributed by atoms with Gasteiger partial charge in [-0.2, -0.15) is 0 Å². The first-order valence-corrected chi connectivity index (χ1v) is 17.2. The SMILES string of the molecule is c1ccc(-c2nc(-c3ccc(-c4ccccc4-n4c5ccccc5c5cc6ccccc6cc54)cc3)nc(-c3ccc4ccccc4c3)n2)cc1. The Balaban J connectivity index is 1.10. The van der Waals surface area contributed by atoms with Gasteiger partial charge in [-0.25, -0.2) is 15.0 Å². The number of para-hydroxylation sites is 2. The van der Waals surface area contributed by atoms with E-state index in [1.54, 1.807) is 0 Å². The van der Waals surface area contributed by atoms with E-state index >= 15 is 0 Å². The Bertz CT molecular complexity index is 2910. The van der Waals surface area contributed by atoms with Crippen LogP contribution in [0.1, 0.15) is 0 Å². The first kappa shape index (κ1) is 29.0. The molecule has 0 N–H and O–H groups in total. The van der Waals surface area contributed by atoms with Crippen LogP contribution in [0.2, 0.25) is 0 Å². The Morgan fingerprint density at radius 3 is 1.61 bits per heavy atom. The normalized spacial score (nSPS) is 11.5. The quantitative estimate of drug-likeness (QED) is 0.186. The van der Waals surface area contributed by atoms with Crippen molar-refractivity contribution in [3.05, 3.63) is 182 Å². The van der Waals surface area contributed by atoms with Crippen LogP contribution in [0.4, 0.5) is 0 Å². The fourth-order valence-corrected chi connectivity index (χ4v) is 7.31. The topological polar surface area (TPSA) is 43.6 Å². The van der Waals surface area contributed by atoms with Gasteiger partial charge in [0.15, 0.2) is 17.5 Å². The van der Waals surface area contributed by atoms with Gasteiger partial charge in [0.05, 0.1) is 16.7 Å². The zero-order chi connectivity index (χ0) is 33.7. The van der Waals surface area contributed by atoms with Crippen molar-refractivity contribution >= 4 is 43.4 Å². The van der Waals surface area contributed by atoms with Gasteiger partial charge in [0.2, 0.25) is 0 Å². The Kier molecular flexibility index (Phi) is 6.78. The minimum absolute atomic E-state index is 0.640. The lowest BCUT2D eigenvalue weighted by Gasteiger charge is -2.15. The molecule has 8 aromatic carbocycles. The van der Waals surface area contributed by atoms with E-state index < -0.39 is 0 Å². The summed E-state index contributed by atoms with van der Waals surface area (Å²) in [5, 5.41) is 7.30. The molecule has 2 aromatic heterocycles. The highest BCUT2D eigenvalue weighted by Gasteiger charge is 2.17. The van der Waals surface area contributed by atoms with E-state index in [-0.39, 0.29) is 0 Å². The standard InChI is InChI=1S/C47H30N4/c1-2-13-33(14-3-1)45-48-46(50-47(49-45)38-27-22-31-12-4-5-15-35(31)28-38)34-25-23-32(24-26-34)39-18-8-10-20-42(39)51-43-21-11-9-19-40(43)41-29-36-16-6-7-17-37(36)30-44(41)51/h1-30H. The zero-order valence-electron chi connectivity index (χ0n) is 27.6. The molecule has 0 aliphatic heterocycles. The monoisotopic (exact) mass is 650 g/mol. The number of hydrogen-bond donors (Lipinski definition) is 0. The van der Waals surface area contributed by atoms with E-state index in [9.17, 15) is 0 Å². The molecule has 0 saturated heterocycles. The van der Waals surface area contributed by atoms with Crippen molar-refractivity contribution in [2.45, 2.75) is 0 Å². The molecule has 51 heavy (non-hydrogen) atoms. The second kappa shape index (κ2) is 11.9. The Morgan fingerprint density at radius 1 is 0.314 bits per heavy atom. The van der Waals surface area contributed by atoms with Crippen LogP contribution in [-0.4, -0.2) is 19.5 Å². The van der Waals surface area contributed by atoms with Crippen molar-refractivity contribution in [3.63, 3.8) is 0 Å². The molecule has 0 saturated carbocycles. The highest BCUT2D eigenvalue weighted by atomic mass is 15.0. The third-order valence-electron chi connectivity index (χ3n) is 9.81. The van der Waals surface area contributed by atoms with E-state index in [1.165, 1.54) is 38.0 Å². The number of benzene rings is 8. The zero-order valence-corrected chi connectivity index (χ0v) is 27.6. The first-order valence-electron chi connectivity index (χ1n) is 17.2. The van der Waals surface area contributed by atoms with Crippen LogP contribution in [0.3, 0.4) is 0 Å². The number of fused-ring (bicyclic) bond motifs is 5. The second-order valence-electron chi connectivity index (χ2n) is 12.9. The summed E-state index contributed by atoms with van der Waals surface area (Å²) in [6, 6.07) is 64.1. The average Bonchev–Trinajstić information content (AvgIpc) is 3.53. The van der Waals surface area contributed by atoms with Gasteiger partial charge in [0, 0.05) is 33.0 Å². The smallest absolute Gasteiger partial charge is 0.164 e. The molecule has 10 aromatic rings. The van der Waals surface area contributed by atoms with Crippen molar-refractivity contribution < 1.29 is 0 Å². The molecule has 0 bridgehead atoms. The van der Waals surface area contributed by atoms with Gasteiger partial charge in [-0.3, -0.25) is 0 Å². The fourth-order valence-electron chi connectivity index (χ4n) is 7.31. The lowest BCUT2D eigenvalue weighted by atomic mass is 10.0. The van der Waals surface area contributed by atoms with Gasteiger partial charge in [-0.1, -0.05) is 152 Å². The van der Waals surface area contributed by atoms with E-state index in [2.05, 4.69) is 156 Å². The molecule has 238 valence electrons. The molecule has 0 aliphatic rings. The van der Waals surface area contributed by atoms with Gasteiger partial charge in [0.25, 0.3) is 0 Å². The number of hydrogen-bond acceptors (Lipinski definition) is 3. The lowest BCUT2D eigenvalue weighted by Crippen LogP contribution is -2.00. The van der Waals surface area contributed by atoms with E-state index in [1.807, 2.05) is 30.3 Å². The summed E-state index contributed by atoms with van der Waals surface area (Å²) in [4.78, 5) is 15.0. The molecule has 0 spiro atoms. The molecule has 0 atom stereocenters. The lowest BCUT2D eigenvalue weighted by molar-refractivity contribution is 1.07. The van der Waals surface area contributed by atoms with Gasteiger partial charge >= 0.3 is 0 Å². The van der Waals surface area contributed by atoms with E-state index in [0.29, 0.717) is 17.5 Å². The maximum atomic E-state index is 5.03. The number of aromatic nitrogens is 4. The second-order valence-corrected chi connectivity index (χ2v) is 12.9. The summed E-state index contributed by atoms with van der Waals surface area (Å²) in [5.74, 6) is 1.94. The Morgan fingerprint density at radius 2 is 0.843 bits per heavy atom. The molecule has 0 amide bonds. The Hall–Kier alpha value is -6.91. The highest BCUT2D eigenvalue weighted by molar-refractivity contribution is 6.14. The molecule has 0 aliphatic carbocycles. The van der Waals surface area contributed by atoms with Crippen molar-refractivity contribution in [1.82, 2.24) is 19.5 Å². The summed E-state index contributed by atoms with van der Waals surface area (Å²) in [6.07, 6.45) is 0. The minimum atomic E-state index is 0.640. The molecule has 4 heteroatoms. The van der Waals surface area contributed by atoms with Crippen molar-refractivity contribution in [1.29, 1.82) is 0 Å². The summed E-state index contributed by atoms with van der Waals surface area (Å²) in [5.41, 5.74) is 8.63. The van der Waals surface area contributed by atoms with Crippen LogP contribution in [0.15, 0.2) is 182 Å². The number of rotatable bonds is 5. The van der Waals surface area contributed by atoms with Crippen LogP contribution in [-0.2, 0) is 0 Å². The fraction of sp³-hybridized carbons (Fsp3) is 0. The molecule has 0 radical (unpaired) electrons. The summed E-state index contributed by atoms with van der Waals surface area (Å²) < 4.78 is 2.41. The Labute approximate surface area is 295 Å². The molecule has 10 rings (SSSR count). The summed E-state index contributed by atoms with van der Waals surface area (Å²) in [6.45, 7) is 0. The van der Waals surface area contributed by atoms with Gasteiger partial charge < -0.3 is 4.57 Å². The van der Waals surface area contributed by atoms with Crippen LogP contribution < -0.4 is 0 Å². The summed E-state index contributed by atoms with van der Waals surface area (Å²) in [7, 11) is 0. The van der Waals surface area contributed by atoms with Gasteiger partial charge in [-0.05, 0) is 57.4 Å². The third-order valence-corrected chi connectivity index (χ3v) is 9.81. The van der Waals surface area contributed by atoms with Gasteiger partial charge in [-0.15, -0.1) is 0 Å². The van der Waals surface area contributed by atoms with E-state index in [4.69, 9.17) is 15.0 Å². The highest BCUT2D eigenvalue weighted by Crippen LogP contribution is 2.38. The molecule has 0 fully saturated rings. The molecule has 0 unspecified atom stereocenters. The van der Waals surface area contributed by atoms with Crippen LogP contribution in [0.5, 0.6) is 0 Å². The molecular weight excluding hydrogens is 621 g/mol. The minimum Gasteiger partial charge on any atom is -0.309 e. The first-order chi connectivity index (χ1) is 25.3. The van der Waals surface area contributed by atoms with Crippen LogP contribution in [0.25, 0.3) is 94.3 Å². The molecule has 4 nitrogen and oxygen atoms in total. The molecular formula is C47H30N4.